The van der Waals surface area contributed by atoms with Crippen LogP contribution in [0.3, 0.4) is 0 Å². The van der Waals surface area contributed by atoms with Gasteiger partial charge in [0, 0.05) is 0 Å². The lowest BCUT2D eigenvalue weighted by molar-refractivity contribution is -0.149. The van der Waals surface area contributed by atoms with E-state index in [1.165, 1.54) is 10.9 Å². The lowest BCUT2D eigenvalue weighted by Crippen LogP contribution is -2.39. The van der Waals surface area contributed by atoms with Gasteiger partial charge in [-0.05, 0) is 44.7 Å². The Morgan fingerprint density at radius 3 is 2.64 bits per heavy atom. The smallest absolute Gasteiger partial charge is 0.323 e. The number of ether oxygens (including phenoxy) is 2. The number of aromatic nitrogens is 4. The maximum Gasteiger partial charge on any atom is 0.323 e. The van der Waals surface area contributed by atoms with E-state index in [1.807, 2.05) is 6.07 Å². The topological polar surface area (TPSA) is 182 Å². The monoisotopic (exact) mass is 619 g/mol. The molecular formula is C22H28Cl2N7O6PS. The molecular weight excluding hydrogens is 592 g/mol. The van der Waals surface area contributed by atoms with Gasteiger partial charge in [-0.15, -0.1) is 0 Å². The van der Waals surface area contributed by atoms with Gasteiger partial charge in [0.15, 0.2) is 22.0 Å². The number of fused-ring (bicyclic) bond motifs is 1. The van der Waals surface area contributed by atoms with E-state index in [9.17, 15) is 9.90 Å². The number of nitrogens with two attached hydrogens (primary N) is 2. The predicted octanol–water partition coefficient (Wildman–Crippen LogP) is 2.67. The van der Waals surface area contributed by atoms with Crippen molar-refractivity contribution in [2.24, 2.45) is 0 Å². The molecule has 39 heavy (non-hydrogen) atoms. The third-order valence-corrected chi connectivity index (χ3v) is 8.85. The highest BCUT2D eigenvalue weighted by molar-refractivity contribution is 8.09. The number of carbonyl (C=O) groups is 1. The van der Waals surface area contributed by atoms with E-state index < -0.39 is 41.4 Å². The number of nitrogen functional groups attached to an aromatic ring is 2. The molecule has 13 nitrogen and oxygen atoms in total. The van der Waals surface area contributed by atoms with Crippen LogP contribution in [0.15, 0.2) is 36.7 Å². The van der Waals surface area contributed by atoms with Crippen LogP contribution < -0.4 is 21.1 Å². The van der Waals surface area contributed by atoms with Gasteiger partial charge in [-0.1, -0.05) is 41.4 Å². The van der Waals surface area contributed by atoms with Crippen LogP contribution >= 0.6 is 29.8 Å². The zero-order valence-corrected chi connectivity index (χ0v) is 24.3. The Balaban J connectivity index is 1.55. The number of halogens is 2. The molecule has 6 N–H and O–H groups in total. The van der Waals surface area contributed by atoms with Gasteiger partial charge >= 0.3 is 12.6 Å². The molecule has 5 atom stereocenters. The molecule has 1 aliphatic rings. The van der Waals surface area contributed by atoms with Crippen molar-refractivity contribution < 1.29 is 28.4 Å². The Labute approximate surface area is 239 Å². The van der Waals surface area contributed by atoms with Gasteiger partial charge in [0.1, 0.15) is 29.5 Å². The Morgan fingerprint density at radius 2 is 1.97 bits per heavy atom. The molecule has 0 spiro atoms. The van der Waals surface area contributed by atoms with Crippen LogP contribution in [0.2, 0.25) is 0 Å². The maximum atomic E-state index is 12.4. The molecule has 1 aromatic carbocycles. The van der Waals surface area contributed by atoms with Crippen LogP contribution in [0.1, 0.15) is 27.0 Å². The zero-order valence-electron chi connectivity index (χ0n) is 21.1. The molecule has 0 amide bonds. The minimum Gasteiger partial charge on any atom is -0.462 e. The quantitative estimate of drug-likeness (QED) is 0.148. The van der Waals surface area contributed by atoms with Gasteiger partial charge in [0.2, 0.25) is 5.95 Å². The summed E-state index contributed by atoms with van der Waals surface area (Å²) in [7, 11) is 0. The van der Waals surface area contributed by atoms with E-state index in [0.717, 1.165) is 0 Å². The second kappa shape index (κ2) is 11.7. The summed E-state index contributed by atoms with van der Waals surface area (Å²) in [5.41, 5.74) is 12.1. The number of hydrogen-bond donors (Lipinski definition) is 4. The van der Waals surface area contributed by atoms with Crippen molar-refractivity contribution in [2.75, 3.05) is 18.1 Å². The van der Waals surface area contributed by atoms with E-state index >= 15 is 0 Å². The first-order chi connectivity index (χ1) is 18.3. The maximum absolute atomic E-state index is 12.4. The third-order valence-electron chi connectivity index (χ3n) is 5.53. The van der Waals surface area contributed by atoms with Gasteiger partial charge in [0.05, 0.1) is 19.0 Å². The highest BCUT2D eigenvalue weighted by Crippen LogP contribution is 2.50. The van der Waals surface area contributed by atoms with E-state index in [1.54, 1.807) is 45.0 Å². The molecule has 3 heterocycles. The minimum absolute atomic E-state index is 0.0550. The minimum atomic E-state index is -3.42. The highest BCUT2D eigenvalue weighted by Gasteiger charge is 2.56. The van der Waals surface area contributed by atoms with E-state index in [2.05, 4.69) is 20.0 Å². The summed E-state index contributed by atoms with van der Waals surface area (Å²) in [5, 5.41) is 13.9. The van der Waals surface area contributed by atoms with Crippen molar-refractivity contribution in [3.63, 3.8) is 0 Å². The first-order valence-electron chi connectivity index (χ1n) is 11.7. The van der Waals surface area contributed by atoms with Crippen molar-refractivity contribution in [1.82, 2.24) is 24.6 Å². The molecule has 0 aliphatic carbocycles. The fourth-order valence-corrected chi connectivity index (χ4v) is 6.75. The number of nitrogens with zero attached hydrogens (tertiary/aromatic N) is 4. The lowest BCUT2D eigenvalue weighted by Gasteiger charge is -2.28. The number of nitrogens with one attached hydrogen (secondary N) is 1. The SMILES string of the molecule is CC(C)OC(=O)[C@@H](C)N[P@@](=S)(OC[C@H]1O[C@@H](n2cnc3c(N)nc(N)nc32)C(Cl)(Cl)[C@@H]1O)Oc1ccccc1. The predicted molar refractivity (Wildman–Crippen MR) is 150 cm³/mol. The number of hydrogen-bond acceptors (Lipinski definition) is 12. The van der Waals surface area contributed by atoms with Crippen LogP contribution in [-0.4, -0.2) is 65.9 Å². The number of benzene rings is 1. The van der Waals surface area contributed by atoms with Crippen LogP contribution in [0.4, 0.5) is 11.8 Å². The number of rotatable bonds is 10. The number of aliphatic hydroxyl groups excluding tert-OH is 1. The summed E-state index contributed by atoms with van der Waals surface area (Å²) in [6, 6.07) is 7.83. The fourth-order valence-electron chi connectivity index (χ4n) is 3.74. The number of esters is 1. The Morgan fingerprint density at radius 1 is 1.28 bits per heavy atom. The molecule has 0 saturated carbocycles. The van der Waals surface area contributed by atoms with Crippen LogP contribution in [0.25, 0.3) is 11.2 Å². The molecule has 4 rings (SSSR count). The van der Waals surface area contributed by atoms with Crippen molar-refractivity contribution in [3.8, 4) is 5.75 Å². The molecule has 1 fully saturated rings. The Bertz CT molecular complexity index is 1380. The van der Waals surface area contributed by atoms with Crippen molar-refractivity contribution >= 4 is 70.6 Å². The fraction of sp³-hybridized carbons (Fsp3) is 0.455. The van der Waals surface area contributed by atoms with Gasteiger partial charge in [-0.25, -0.2) is 10.1 Å². The normalized spacial score (nSPS) is 23.0. The second-order valence-electron chi connectivity index (χ2n) is 8.97. The number of anilines is 2. The van der Waals surface area contributed by atoms with Crippen molar-refractivity contribution in [1.29, 1.82) is 0 Å². The summed E-state index contributed by atoms with van der Waals surface area (Å²) in [6.45, 7) is 1.33. The first kappa shape index (κ1) is 29.7. The average molecular weight is 620 g/mol. The zero-order chi connectivity index (χ0) is 28.5. The summed E-state index contributed by atoms with van der Waals surface area (Å²) < 4.78 is 22.8. The molecule has 2 aromatic heterocycles. The van der Waals surface area contributed by atoms with Crippen LogP contribution in [0, 0.1) is 0 Å². The molecule has 0 bridgehead atoms. The van der Waals surface area contributed by atoms with Crippen LogP contribution in [-0.2, 0) is 30.6 Å². The van der Waals surface area contributed by atoms with E-state index in [4.69, 9.17) is 65.0 Å². The lowest BCUT2D eigenvalue weighted by atomic mass is 10.2. The number of carbonyl (C=O) groups excluding carboxylic acids is 1. The second-order valence-corrected chi connectivity index (χ2v) is 13.6. The summed E-state index contributed by atoms with van der Waals surface area (Å²) in [5.74, 6) is -0.165. The number of para-hydroxylation sites is 1. The first-order valence-corrected chi connectivity index (χ1v) is 15.1. The van der Waals surface area contributed by atoms with Gasteiger partial charge < -0.3 is 35.1 Å². The molecule has 1 saturated heterocycles. The van der Waals surface area contributed by atoms with Gasteiger partial charge in [-0.2, -0.15) is 9.97 Å². The summed E-state index contributed by atoms with van der Waals surface area (Å²) >= 11 is 18.8. The number of aliphatic hydroxyl groups is 1. The van der Waals surface area contributed by atoms with Crippen molar-refractivity contribution in [2.45, 2.75) is 55.7 Å². The van der Waals surface area contributed by atoms with Crippen LogP contribution in [0.5, 0.6) is 5.75 Å². The Kier molecular flexibility index (Phi) is 8.89. The summed E-state index contributed by atoms with van der Waals surface area (Å²) in [6.07, 6.45) is -2.65. The molecule has 0 unspecified atom stereocenters. The largest absolute Gasteiger partial charge is 0.462 e. The standard InChI is InChI=1S/C22H28Cl2N7O6PS/c1-11(2)35-19(33)12(3)30-38(39,37-13-7-5-4-6-8-13)34-9-14-16(32)22(23,24)20(36-14)31-10-27-15-17(25)28-21(26)29-18(15)31/h4-8,10-12,14,16,20,32H,9H2,1-3H3,(H,30,39)(H4,25,26,28,29)/t12-,14-,16-,20-,38-/m1/s1. The van der Waals surface area contributed by atoms with Crippen molar-refractivity contribution in [3.05, 3.63) is 36.7 Å². The highest BCUT2D eigenvalue weighted by atomic mass is 35.5. The number of imidazole rings is 1. The number of alkyl halides is 2. The van der Waals surface area contributed by atoms with Gasteiger partial charge in [0.25, 0.3) is 0 Å². The molecule has 212 valence electrons. The summed E-state index contributed by atoms with van der Waals surface area (Å²) in [4.78, 5) is 24.7. The molecule has 3 aromatic rings. The average Bonchev–Trinajstić information content (AvgIpc) is 3.36. The third kappa shape index (κ3) is 6.55. The van der Waals surface area contributed by atoms with E-state index in [0.29, 0.717) is 5.75 Å². The Hall–Kier alpha value is -2.29. The molecule has 17 heteroatoms. The van der Waals surface area contributed by atoms with E-state index in [-0.39, 0.29) is 35.6 Å². The molecule has 1 aliphatic heterocycles. The molecule has 0 radical (unpaired) electrons. The van der Waals surface area contributed by atoms with Gasteiger partial charge in [-0.3, -0.25) is 9.36 Å².